The predicted molar refractivity (Wildman–Crippen MR) is 233 cm³/mol. The lowest BCUT2D eigenvalue weighted by atomic mass is 10.1. The number of aliphatic hydroxyl groups excluding tert-OH is 1. The van der Waals surface area contributed by atoms with Crippen molar-refractivity contribution >= 4 is 62.6 Å². The van der Waals surface area contributed by atoms with Crippen molar-refractivity contribution in [2.75, 3.05) is 45.4 Å². The quantitative estimate of drug-likeness (QED) is 0.0474. The molecule has 4 atom stereocenters. The van der Waals surface area contributed by atoms with E-state index in [2.05, 4.69) is 23.1 Å². The molecule has 0 saturated carbocycles. The number of aliphatic hydroxyl groups is 1. The molecule has 1 N–H and O–H groups in total. The molecule has 0 unspecified atom stereocenters. The fourth-order valence-electron chi connectivity index (χ4n) is 7.82. The van der Waals surface area contributed by atoms with Crippen molar-refractivity contribution in [2.45, 2.75) is 80.5 Å². The molecule has 4 aliphatic rings. The van der Waals surface area contributed by atoms with Crippen molar-refractivity contribution in [1.82, 2.24) is 14.8 Å². The second-order valence-electron chi connectivity index (χ2n) is 15.3. The third kappa shape index (κ3) is 9.35. The van der Waals surface area contributed by atoms with Gasteiger partial charge in [0.25, 0.3) is 11.8 Å². The summed E-state index contributed by atoms with van der Waals surface area (Å²) in [6.07, 6.45) is 5.44. The number of hydrogen-bond acceptors (Lipinski definition) is 14. The Kier molecular flexibility index (Phi) is 13.5. The molecule has 5 heterocycles. The Morgan fingerprint density at radius 3 is 2.31 bits per heavy atom. The van der Waals surface area contributed by atoms with Crippen LogP contribution in [0.3, 0.4) is 0 Å². The average Bonchev–Trinajstić information content (AvgIpc) is 3.79. The average molecular weight is 873 g/mol. The Labute approximate surface area is 361 Å². The van der Waals surface area contributed by atoms with E-state index in [9.17, 15) is 29.6 Å². The Morgan fingerprint density at radius 1 is 0.951 bits per heavy atom. The van der Waals surface area contributed by atoms with Gasteiger partial charge in [0.2, 0.25) is 5.91 Å². The van der Waals surface area contributed by atoms with Gasteiger partial charge in [-0.1, -0.05) is 42.0 Å². The maximum atomic E-state index is 14.1. The normalized spacial score (nSPS) is 19.7. The molecule has 0 radical (unpaired) electrons. The van der Waals surface area contributed by atoms with Crippen LogP contribution in [0.4, 0.5) is 17.1 Å². The van der Waals surface area contributed by atoms with Crippen molar-refractivity contribution in [3.8, 4) is 23.0 Å². The molecule has 2 aromatic carbocycles. The van der Waals surface area contributed by atoms with Crippen molar-refractivity contribution in [2.24, 2.45) is 4.99 Å². The summed E-state index contributed by atoms with van der Waals surface area (Å²) in [6, 6.07) is 8.64. The lowest BCUT2D eigenvalue weighted by Crippen LogP contribution is -2.50. The second-order valence-corrected chi connectivity index (χ2v) is 17.9. The van der Waals surface area contributed by atoms with Crippen LogP contribution in [-0.2, 0) is 4.79 Å². The molecule has 16 nitrogen and oxygen atoms in total. The monoisotopic (exact) mass is 872 g/mol. The number of aliphatic imine (C=N–C) groups is 1. The molecule has 0 aliphatic carbocycles. The summed E-state index contributed by atoms with van der Waals surface area (Å²) in [5.74, 6) is 0.693. The number of anilines is 1. The Bertz CT molecular complexity index is 2270. The van der Waals surface area contributed by atoms with E-state index in [4.69, 9.17) is 18.9 Å². The summed E-state index contributed by atoms with van der Waals surface area (Å²) < 4.78 is 23.6. The molecule has 3 aromatic rings. The number of hydrogen-bond donors (Lipinski definition) is 1. The highest BCUT2D eigenvalue weighted by Gasteiger charge is 2.45. The molecular weight excluding hydrogens is 825 g/mol. The van der Waals surface area contributed by atoms with Gasteiger partial charge in [0.1, 0.15) is 0 Å². The van der Waals surface area contributed by atoms with Crippen molar-refractivity contribution < 1.29 is 43.4 Å². The van der Waals surface area contributed by atoms with Crippen LogP contribution < -0.4 is 23.8 Å². The van der Waals surface area contributed by atoms with Crippen molar-refractivity contribution in [3.05, 3.63) is 88.1 Å². The zero-order valence-corrected chi connectivity index (χ0v) is 35.9. The number of rotatable bonds is 17. The summed E-state index contributed by atoms with van der Waals surface area (Å²) in [6.45, 7) is 11.4. The molecule has 2 fully saturated rings. The van der Waals surface area contributed by atoms with E-state index in [1.807, 2.05) is 6.92 Å². The number of amides is 3. The number of unbranched alkanes of at least 4 members (excludes halogenated alkanes) is 2. The lowest BCUT2D eigenvalue weighted by Gasteiger charge is -2.32. The van der Waals surface area contributed by atoms with Crippen LogP contribution in [0.25, 0.3) is 0 Å². The molecule has 1 aromatic heterocycles. The molecule has 3 amide bonds. The fraction of sp³-hybridized carbons (Fsp3) is 0.419. The third-order valence-corrected chi connectivity index (χ3v) is 13.8. The smallest absolute Gasteiger partial charge is 0.302 e. The molecule has 0 spiro atoms. The van der Waals surface area contributed by atoms with E-state index >= 15 is 0 Å². The van der Waals surface area contributed by atoms with Gasteiger partial charge in [-0.3, -0.25) is 34.4 Å². The summed E-state index contributed by atoms with van der Waals surface area (Å²) >= 11 is 0. The zero-order chi connectivity index (χ0) is 43.4. The van der Waals surface area contributed by atoms with E-state index in [1.165, 1.54) is 59.0 Å². The number of carbonyl (C=O) groups excluding carboxylic acids is 3. The van der Waals surface area contributed by atoms with E-state index in [1.54, 1.807) is 40.3 Å². The molecule has 322 valence electrons. The van der Waals surface area contributed by atoms with Gasteiger partial charge in [0, 0.05) is 55.4 Å². The zero-order valence-electron chi connectivity index (χ0n) is 34.2. The molecular formula is C43H48N6O10S2. The Morgan fingerprint density at radius 2 is 1.61 bits per heavy atom. The highest BCUT2D eigenvalue weighted by molar-refractivity contribution is 8.76. The van der Waals surface area contributed by atoms with Gasteiger partial charge < -0.3 is 33.9 Å². The molecule has 2 saturated heterocycles. The number of carbonyl (C=O) groups is 3. The number of nitrogens with zero attached hydrogens (tertiary/aromatic N) is 6. The first-order valence-corrected chi connectivity index (χ1v) is 22.2. The van der Waals surface area contributed by atoms with Crippen LogP contribution in [0.15, 0.2) is 76.9 Å². The summed E-state index contributed by atoms with van der Waals surface area (Å²) in [7, 11) is 5.54. The summed E-state index contributed by atoms with van der Waals surface area (Å²) in [4.78, 5) is 65.8. The number of pyridine rings is 1. The van der Waals surface area contributed by atoms with E-state index in [0.29, 0.717) is 79.5 Å². The lowest BCUT2D eigenvalue weighted by molar-refractivity contribution is -0.388. The largest absolute Gasteiger partial charge is 0.493 e. The first kappa shape index (κ1) is 43.5. The molecule has 18 heteroatoms. The number of aromatic nitrogens is 1. The molecule has 4 aliphatic heterocycles. The standard InChI is InChI=1S/C43H48N6O10S2/c1-25-16-28-22-45-31-20-37(35(56-4)18-29(31)41(51)46(28)23-25)58-14-7-6-8-15-59-38-21-33-30(19-36(38)57-5)42(52)47-24-26(2)17-34(47)43(53)48(33)39(50)12-11-27(3)60-61-40-32(49(54)55)10-9-13-44-40/h9-10,13,18-22,27-28,34,43,53H,1-2,6-8,11-12,14-17,23-24H2,3-5H3/t27-,28+,34+,43+/m1/s1. The Hall–Kier alpha value is -5.59. The minimum atomic E-state index is -1.35. The highest BCUT2D eigenvalue weighted by Crippen LogP contribution is 2.44. The van der Waals surface area contributed by atoms with Gasteiger partial charge in [-0.05, 0) is 67.5 Å². The number of methoxy groups -OCH3 is 2. The maximum absolute atomic E-state index is 14.1. The van der Waals surface area contributed by atoms with Gasteiger partial charge in [-0.25, -0.2) is 4.98 Å². The minimum absolute atomic E-state index is 0.0277. The van der Waals surface area contributed by atoms with Crippen LogP contribution in [-0.4, -0.2) is 113 Å². The highest BCUT2D eigenvalue weighted by atomic mass is 33.1. The molecule has 61 heavy (non-hydrogen) atoms. The number of benzene rings is 2. The van der Waals surface area contributed by atoms with Gasteiger partial charge in [0.05, 0.1) is 66.9 Å². The molecule has 7 rings (SSSR count). The topological polar surface area (TPSA) is 186 Å². The number of fused-ring (bicyclic) bond motifs is 4. The van der Waals surface area contributed by atoms with Gasteiger partial charge in [-0.15, -0.1) is 0 Å². The van der Waals surface area contributed by atoms with E-state index < -0.39 is 23.1 Å². The SMILES string of the molecule is C=C1C[C@H]2C=Nc3cc(OCCCCCOc4cc5c(cc4OC)C(=O)N4CC(=C)C[C@H]4[C@H](O)N5C(=O)CC[C@@H](C)SSc4ncccc4[N+](=O)[O-])c(OC)cc3C(=O)N2C1. The van der Waals surface area contributed by atoms with Crippen LogP contribution in [0.1, 0.15) is 72.6 Å². The summed E-state index contributed by atoms with van der Waals surface area (Å²) in [5, 5.41) is 23.4. The van der Waals surface area contributed by atoms with Gasteiger partial charge >= 0.3 is 5.69 Å². The van der Waals surface area contributed by atoms with Gasteiger partial charge in [0.15, 0.2) is 34.3 Å². The minimum Gasteiger partial charge on any atom is -0.493 e. The summed E-state index contributed by atoms with van der Waals surface area (Å²) in [5.41, 5.74) is 3.07. The number of ether oxygens (including phenoxy) is 4. The van der Waals surface area contributed by atoms with Crippen LogP contribution >= 0.6 is 21.6 Å². The van der Waals surface area contributed by atoms with Crippen LogP contribution in [0.5, 0.6) is 23.0 Å². The number of nitro groups is 1. The maximum Gasteiger partial charge on any atom is 0.302 e. The first-order chi connectivity index (χ1) is 29.4. The third-order valence-electron chi connectivity index (χ3n) is 11.0. The van der Waals surface area contributed by atoms with E-state index in [0.717, 1.165) is 17.6 Å². The first-order valence-electron chi connectivity index (χ1n) is 20.0. The van der Waals surface area contributed by atoms with Gasteiger partial charge in [-0.2, -0.15) is 0 Å². The van der Waals surface area contributed by atoms with Crippen molar-refractivity contribution in [3.63, 3.8) is 0 Å². The molecule has 0 bridgehead atoms. The predicted octanol–water partition coefficient (Wildman–Crippen LogP) is 7.17. The van der Waals surface area contributed by atoms with Crippen molar-refractivity contribution in [1.29, 1.82) is 0 Å². The Balaban J connectivity index is 0.985. The fourth-order valence-corrected chi connectivity index (χ4v) is 10.1. The van der Waals surface area contributed by atoms with Crippen LogP contribution in [0, 0.1) is 10.1 Å². The van der Waals surface area contributed by atoms with E-state index in [-0.39, 0.29) is 64.6 Å². The van der Waals surface area contributed by atoms with Crippen LogP contribution in [0.2, 0.25) is 0 Å². The second kappa shape index (κ2) is 19.0.